The fourth-order valence-electron chi connectivity index (χ4n) is 2.47. The Bertz CT molecular complexity index is 826. The third kappa shape index (κ3) is 2.32. The van der Waals surface area contributed by atoms with E-state index in [1.807, 2.05) is 0 Å². The lowest BCUT2D eigenvalue weighted by molar-refractivity contribution is 0.0981. The molecular weight excluding hydrogens is 292 g/mol. The average molecular weight is 306 g/mol. The molecule has 0 atom stereocenters. The van der Waals surface area contributed by atoms with Gasteiger partial charge in [-0.15, -0.1) is 0 Å². The monoisotopic (exact) mass is 306 g/mol. The fraction of sp³-hybridized carbons (Fsp3) is 0.231. The minimum absolute atomic E-state index is 0.0658. The lowest BCUT2D eigenvalue weighted by atomic mass is 10.2. The Balaban J connectivity index is 1.98. The summed E-state index contributed by atoms with van der Waals surface area (Å²) in [5, 5.41) is 5.12. The third-order valence-electron chi connectivity index (χ3n) is 3.56. The number of primary sulfonamides is 1. The number of carbonyl (C=O) groups is 1. The number of nitrogens with zero attached hydrogens (tertiary/aromatic N) is 3. The number of hydrogen-bond acceptors (Lipinski definition) is 4. The van der Waals surface area contributed by atoms with Gasteiger partial charge in [0, 0.05) is 19.3 Å². The molecule has 1 aromatic heterocycles. The molecule has 2 N–H and O–H groups in total. The van der Waals surface area contributed by atoms with E-state index in [4.69, 9.17) is 5.14 Å². The van der Waals surface area contributed by atoms with Gasteiger partial charge in [-0.1, -0.05) is 0 Å². The van der Waals surface area contributed by atoms with E-state index in [1.54, 1.807) is 28.9 Å². The Hall–Kier alpha value is -2.19. The molecule has 0 spiro atoms. The van der Waals surface area contributed by atoms with Gasteiger partial charge < -0.3 is 9.47 Å². The van der Waals surface area contributed by atoms with Gasteiger partial charge in [0.15, 0.2) is 0 Å². The van der Waals surface area contributed by atoms with Gasteiger partial charge in [-0.2, -0.15) is 0 Å². The SMILES string of the molecule is Cn1cncc1C(=O)N1CCc2cc(S(N)(=O)=O)ccc21. The molecule has 1 amide bonds. The smallest absolute Gasteiger partial charge is 0.276 e. The van der Waals surface area contributed by atoms with Crippen molar-refractivity contribution in [3.8, 4) is 0 Å². The van der Waals surface area contributed by atoms with Crippen LogP contribution in [0.4, 0.5) is 5.69 Å². The standard InChI is InChI=1S/C13H14N4O3S/c1-16-8-15-7-12(16)13(18)17-5-4-9-6-10(21(14,19)20)2-3-11(9)17/h2-3,6-8H,4-5H2,1H3,(H2,14,19,20). The zero-order valence-electron chi connectivity index (χ0n) is 11.4. The molecular formula is C13H14N4O3S. The molecule has 1 aliphatic heterocycles. The van der Waals surface area contributed by atoms with Gasteiger partial charge in [-0.25, -0.2) is 18.5 Å². The maximum atomic E-state index is 12.5. The van der Waals surface area contributed by atoms with Crippen LogP contribution in [0, 0.1) is 0 Å². The van der Waals surface area contributed by atoms with Crippen molar-refractivity contribution in [2.24, 2.45) is 12.2 Å². The number of sulfonamides is 1. The van der Waals surface area contributed by atoms with E-state index >= 15 is 0 Å². The van der Waals surface area contributed by atoms with E-state index in [2.05, 4.69) is 4.98 Å². The Kier molecular flexibility index (Phi) is 3.07. The maximum absolute atomic E-state index is 12.5. The molecule has 2 aromatic rings. The van der Waals surface area contributed by atoms with Crippen molar-refractivity contribution in [2.45, 2.75) is 11.3 Å². The first-order valence-electron chi connectivity index (χ1n) is 6.32. The number of aryl methyl sites for hydroxylation is 1. The zero-order valence-corrected chi connectivity index (χ0v) is 12.2. The summed E-state index contributed by atoms with van der Waals surface area (Å²) in [5.41, 5.74) is 2.00. The van der Waals surface area contributed by atoms with Crippen LogP contribution in [0.15, 0.2) is 35.6 Å². The Morgan fingerprint density at radius 3 is 2.76 bits per heavy atom. The molecule has 0 saturated heterocycles. The number of carbonyl (C=O) groups excluding carboxylic acids is 1. The van der Waals surface area contributed by atoms with Gasteiger partial charge in [-0.3, -0.25) is 4.79 Å². The van der Waals surface area contributed by atoms with Crippen molar-refractivity contribution >= 4 is 21.6 Å². The number of hydrogen-bond donors (Lipinski definition) is 1. The summed E-state index contributed by atoms with van der Waals surface area (Å²) < 4.78 is 24.4. The molecule has 21 heavy (non-hydrogen) atoms. The van der Waals surface area contributed by atoms with Gasteiger partial charge in [0.25, 0.3) is 5.91 Å². The molecule has 2 heterocycles. The van der Waals surface area contributed by atoms with E-state index < -0.39 is 10.0 Å². The summed E-state index contributed by atoms with van der Waals surface area (Å²) in [4.78, 5) is 18.1. The molecule has 0 bridgehead atoms. The molecule has 8 heteroatoms. The van der Waals surface area contributed by atoms with E-state index in [9.17, 15) is 13.2 Å². The first-order valence-corrected chi connectivity index (χ1v) is 7.86. The summed E-state index contributed by atoms with van der Waals surface area (Å²) in [6.07, 6.45) is 3.68. The number of nitrogens with two attached hydrogens (primary N) is 1. The first kappa shape index (κ1) is 13.8. The van der Waals surface area contributed by atoms with Crippen LogP contribution in [0.1, 0.15) is 16.1 Å². The van der Waals surface area contributed by atoms with Crippen LogP contribution in [0.2, 0.25) is 0 Å². The minimum atomic E-state index is -3.73. The van der Waals surface area contributed by atoms with Crippen LogP contribution in [-0.2, 0) is 23.5 Å². The largest absolute Gasteiger partial charge is 0.330 e. The van der Waals surface area contributed by atoms with Gasteiger partial charge in [0.1, 0.15) is 5.69 Å². The second-order valence-electron chi connectivity index (χ2n) is 4.93. The summed E-state index contributed by atoms with van der Waals surface area (Å²) in [6, 6.07) is 4.57. The van der Waals surface area contributed by atoms with Gasteiger partial charge in [-0.05, 0) is 30.2 Å². The molecule has 7 nitrogen and oxygen atoms in total. The quantitative estimate of drug-likeness (QED) is 0.861. The molecule has 0 fully saturated rings. The van der Waals surface area contributed by atoms with E-state index in [-0.39, 0.29) is 10.8 Å². The topological polar surface area (TPSA) is 98.3 Å². The molecule has 0 unspecified atom stereocenters. The number of aromatic nitrogens is 2. The first-order chi connectivity index (χ1) is 9.88. The normalized spacial score (nSPS) is 14.3. The second kappa shape index (κ2) is 4.68. The summed E-state index contributed by atoms with van der Waals surface area (Å²) in [5.74, 6) is -0.155. The summed E-state index contributed by atoms with van der Waals surface area (Å²) in [6.45, 7) is 0.507. The van der Waals surface area contributed by atoms with Crippen molar-refractivity contribution in [3.05, 3.63) is 42.0 Å². The Morgan fingerprint density at radius 1 is 1.38 bits per heavy atom. The average Bonchev–Trinajstić information content (AvgIpc) is 3.02. The summed E-state index contributed by atoms with van der Waals surface area (Å²) >= 11 is 0. The van der Waals surface area contributed by atoms with Crippen molar-refractivity contribution in [1.82, 2.24) is 9.55 Å². The predicted molar refractivity (Wildman–Crippen MR) is 76.4 cm³/mol. The van der Waals surface area contributed by atoms with Crippen LogP contribution < -0.4 is 10.0 Å². The lowest BCUT2D eigenvalue weighted by Gasteiger charge is -2.17. The van der Waals surface area contributed by atoms with Crippen molar-refractivity contribution in [2.75, 3.05) is 11.4 Å². The van der Waals surface area contributed by atoms with Crippen LogP contribution >= 0.6 is 0 Å². The number of imidazole rings is 1. The fourth-order valence-corrected chi connectivity index (χ4v) is 3.03. The molecule has 0 radical (unpaired) electrons. The summed E-state index contributed by atoms with van der Waals surface area (Å²) in [7, 11) is -1.98. The Labute approximate surface area is 122 Å². The molecule has 1 aromatic carbocycles. The van der Waals surface area contributed by atoms with Crippen molar-refractivity contribution in [3.63, 3.8) is 0 Å². The van der Waals surface area contributed by atoms with Crippen molar-refractivity contribution in [1.29, 1.82) is 0 Å². The molecule has 1 aliphatic rings. The number of anilines is 1. The van der Waals surface area contributed by atoms with Gasteiger partial charge in [0.2, 0.25) is 10.0 Å². The van der Waals surface area contributed by atoms with E-state index in [0.29, 0.717) is 24.3 Å². The highest BCUT2D eigenvalue weighted by molar-refractivity contribution is 7.89. The lowest BCUT2D eigenvalue weighted by Crippen LogP contribution is -2.30. The van der Waals surface area contributed by atoms with Crippen LogP contribution in [0.3, 0.4) is 0 Å². The highest BCUT2D eigenvalue weighted by Crippen LogP contribution is 2.30. The van der Waals surface area contributed by atoms with E-state index in [0.717, 1.165) is 5.56 Å². The van der Waals surface area contributed by atoms with Crippen LogP contribution in [-0.4, -0.2) is 30.4 Å². The molecule has 3 rings (SSSR count). The van der Waals surface area contributed by atoms with Crippen LogP contribution in [0.25, 0.3) is 0 Å². The minimum Gasteiger partial charge on any atom is -0.330 e. The Morgan fingerprint density at radius 2 is 2.14 bits per heavy atom. The van der Waals surface area contributed by atoms with Gasteiger partial charge in [0.05, 0.1) is 17.4 Å². The predicted octanol–water partition coefficient (Wildman–Crippen LogP) is 0.270. The number of amides is 1. The number of benzene rings is 1. The van der Waals surface area contributed by atoms with Crippen LogP contribution in [0.5, 0.6) is 0 Å². The molecule has 0 saturated carbocycles. The maximum Gasteiger partial charge on any atom is 0.276 e. The van der Waals surface area contributed by atoms with E-state index in [1.165, 1.54) is 18.3 Å². The third-order valence-corrected chi connectivity index (χ3v) is 4.47. The van der Waals surface area contributed by atoms with Gasteiger partial charge >= 0.3 is 0 Å². The highest BCUT2D eigenvalue weighted by Gasteiger charge is 2.28. The van der Waals surface area contributed by atoms with Crippen molar-refractivity contribution < 1.29 is 13.2 Å². The second-order valence-corrected chi connectivity index (χ2v) is 6.49. The molecule has 110 valence electrons. The zero-order chi connectivity index (χ0) is 15.2. The number of rotatable bonds is 2. The highest BCUT2D eigenvalue weighted by atomic mass is 32.2. The number of fused-ring (bicyclic) bond motifs is 1. The molecule has 0 aliphatic carbocycles.